The van der Waals surface area contributed by atoms with E-state index in [1.807, 2.05) is 19.1 Å². The van der Waals surface area contributed by atoms with E-state index in [1.54, 1.807) is 46.1 Å². The molecular weight excluding hydrogens is 717 g/mol. The number of benzene rings is 1. The van der Waals surface area contributed by atoms with Gasteiger partial charge in [-0.3, -0.25) is 19.1 Å². The molecule has 4 aliphatic rings. The third kappa shape index (κ3) is 8.74. The summed E-state index contributed by atoms with van der Waals surface area (Å²) in [4.78, 5) is 57.8. The molecule has 2 aliphatic carbocycles. The SMILES string of the molecule is CC[C@@H]1C[C@H](C)CC/C=C\[C@@H]2C[C@@]2(C(=O)NS(=O)(=O)C2CC2)NC(=O)[C@@H]2C[C@@H](Oc3cnnc4cc(OC)ccc34)CN2C(=O)[C@H]1NC(=O)OC(C)(C)C. The van der Waals surface area contributed by atoms with Crippen molar-refractivity contribution in [3.63, 3.8) is 0 Å². The second-order valence-corrected chi connectivity index (χ2v) is 18.1. The predicted molar refractivity (Wildman–Crippen MR) is 199 cm³/mol. The summed E-state index contributed by atoms with van der Waals surface area (Å²) >= 11 is 0. The molecule has 16 heteroatoms. The molecular formula is C38H52N6O9S. The average molecular weight is 769 g/mol. The molecule has 2 aromatic rings. The van der Waals surface area contributed by atoms with Gasteiger partial charge in [0.2, 0.25) is 21.8 Å². The minimum Gasteiger partial charge on any atom is -0.497 e. The van der Waals surface area contributed by atoms with Crippen LogP contribution < -0.4 is 24.8 Å². The number of allylic oxidation sites excluding steroid dienone is 1. The number of sulfonamides is 1. The lowest BCUT2D eigenvalue weighted by Gasteiger charge is -2.34. The van der Waals surface area contributed by atoms with Gasteiger partial charge in [0.15, 0.2) is 0 Å². The zero-order valence-electron chi connectivity index (χ0n) is 31.8. The lowest BCUT2D eigenvalue weighted by Crippen LogP contribution is -2.59. The first-order valence-corrected chi connectivity index (χ1v) is 20.4. The van der Waals surface area contributed by atoms with Crippen LogP contribution in [-0.2, 0) is 29.1 Å². The molecule has 6 rings (SSSR count). The molecule has 3 N–H and O–H groups in total. The molecule has 3 heterocycles. The first kappa shape index (κ1) is 39.2. The van der Waals surface area contributed by atoms with Crippen LogP contribution in [0.1, 0.15) is 86.0 Å². The van der Waals surface area contributed by atoms with Crippen LogP contribution in [0.3, 0.4) is 0 Å². The summed E-state index contributed by atoms with van der Waals surface area (Å²) in [5, 5.41) is 14.0. The van der Waals surface area contributed by atoms with E-state index >= 15 is 0 Å². The molecule has 2 aliphatic heterocycles. The van der Waals surface area contributed by atoms with E-state index in [2.05, 4.69) is 32.5 Å². The Morgan fingerprint density at radius 1 is 1.13 bits per heavy atom. The van der Waals surface area contributed by atoms with E-state index in [4.69, 9.17) is 14.2 Å². The first-order valence-electron chi connectivity index (χ1n) is 18.8. The number of hydrogen-bond donors (Lipinski definition) is 3. The minimum atomic E-state index is -3.90. The number of nitrogens with one attached hydrogen (secondary N) is 3. The summed E-state index contributed by atoms with van der Waals surface area (Å²) in [6.45, 7) is 9.25. The number of nitrogens with zero attached hydrogens (tertiary/aromatic N) is 3. The zero-order valence-corrected chi connectivity index (χ0v) is 32.6. The molecule has 54 heavy (non-hydrogen) atoms. The molecule has 0 spiro atoms. The maximum absolute atomic E-state index is 14.9. The Bertz CT molecular complexity index is 1910. The number of hydrogen-bond acceptors (Lipinski definition) is 11. The molecule has 4 amide bonds. The summed E-state index contributed by atoms with van der Waals surface area (Å²) in [6.07, 6.45) is 7.68. The quantitative estimate of drug-likeness (QED) is 0.331. The van der Waals surface area contributed by atoms with Crippen LogP contribution in [0.5, 0.6) is 11.5 Å². The van der Waals surface area contributed by atoms with E-state index in [-0.39, 0.29) is 31.2 Å². The van der Waals surface area contributed by atoms with Crippen LogP contribution in [0.15, 0.2) is 36.5 Å². The van der Waals surface area contributed by atoms with Crippen molar-refractivity contribution in [1.82, 2.24) is 30.5 Å². The highest BCUT2D eigenvalue weighted by molar-refractivity contribution is 7.91. The van der Waals surface area contributed by atoms with Crippen molar-refractivity contribution in [2.75, 3.05) is 13.7 Å². The van der Waals surface area contributed by atoms with Crippen LogP contribution in [0.4, 0.5) is 4.79 Å². The van der Waals surface area contributed by atoms with Crippen LogP contribution in [-0.4, -0.2) is 95.6 Å². The fourth-order valence-electron chi connectivity index (χ4n) is 7.57. The Hall–Kier alpha value is -4.47. The van der Waals surface area contributed by atoms with Crippen molar-refractivity contribution < 1.29 is 41.8 Å². The van der Waals surface area contributed by atoms with Crippen LogP contribution in [0, 0.1) is 17.8 Å². The second-order valence-electron chi connectivity index (χ2n) is 16.2. The minimum absolute atomic E-state index is 0.0199. The third-order valence-electron chi connectivity index (χ3n) is 10.8. The standard InChI is InChI=1S/C38H52N6O9S/c1-7-23-16-22(2)10-8-9-11-24-19-38(24,35(47)43-54(49,50)27-13-14-27)41-33(45)30-18-26(21-44(30)34(46)32(23)40-36(48)53-37(3,4)5)52-31-20-39-42-29-17-25(51-6)12-15-28(29)31/h9,11-12,15,17,20,22-24,26-27,30,32H,7-8,10,13-14,16,18-19,21H2,1-6H3,(H,40,48)(H,41,45)(H,43,47)/b11-9-/t22-,23-,24-,26-,30+,32+,38-/m1/s1. The molecule has 1 aromatic carbocycles. The lowest BCUT2D eigenvalue weighted by molar-refractivity contribution is -0.142. The van der Waals surface area contributed by atoms with Crippen molar-refractivity contribution in [3.05, 3.63) is 36.5 Å². The summed E-state index contributed by atoms with van der Waals surface area (Å²) in [5.74, 6) is -1.50. The molecule has 0 bridgehead atoms. The van der Waals surface area contributed by atoms with Gasteiger partial charge in [-0.05, 0) is 83.3 Å². The molecule has 2 saturated carbocycles. The molecule has 15 nitrogen and oxygen atoms in total. The predicted octanol–water partition coefficient (Wildman–Crippen LogP) is 3.77. The number of rotatable bonds is 8. The number of fused-ring (bicyclic) bond motifs is 3. The number of methoxy groups -OCH3 is 1. The lowest BCUT2D eigenvalue weighted by atomic mass is 9.85. The Balaban J connectivity index is 1.36. The normalized spacial score (nSPS) is 29.8. The molecule has 1 saturated heterocycles. The summed E-state index contributed by atoms with van der Waals surface area (Å²) in [7, 11) is -2.35. The first-order chi connectivity index (χ1) is 25.5. The zero-order chi connectivity index (χ0) is 39.0. The second kappa shape index (κ2) is 15.3. The van der Waals surface area contributed by atoms with Crippen LogP contribution in [0.25, 0.3) is 10.9 Å². The van der Waals surface area contributed by atoms with Crippen molar-refractivity contribution in [1.29, 1.82) is 0 Å². The van der Waals surface area contributed by atoms with Gasteiger partial charge in [-0.25, -0.2) is 13.2 Å². The van der Waals surface area contributed by atoms with Gasteiger partial charge < -0.3 is 29.7 Å². The maximum Gasteiger partial charge on any atom is 0.408 e. The number of carbonyl (C=O) groups excluding carboxylic acids is 4. The van der Waals surface area contributed by atoms with Crippen molar-refractivity contribution in [2.45, 2.75) is 121 Å². The molecule has 7 atom stereocenters. The van der Waals surface area contributed by atoms with E-state index < -0.39 is 74.3 Å². The Morgan fingerprint density at radius 2 is 1.89 bits per heavy atom. The maximum atomic E-state index is 14.9. The van der Waals surface area contributed by atoms with Gasteiger partial charge in [-0.15, -0.1) is 0 Å². The van der Waals surface area contributed by atoms with Crippen LogP contribution >= 0.6 is 0 Å². The number of ether oxygens (including phenoxy) is 3. The number of alkyl carbamates (subject to hydrolysis) is 1. The van der Waals surface area contributed by atoms with Crippen molar-refractivity contribution in [3.8, 4) is 11.5 Å². The fraction of sp³-hybridized carbons (Fsp3) is 0.632. The van der Waals surface area contributed by atoms with Gasteiger partial charge in [-0.1, -0.05) is 32.4 Å². The monoisotopic (exact) mass is 768 g/mol. The highest BCUT2D eigenvalue weighted by atomic mass is 32.2. The molecule has 3 fully saturated rings. The average Bonchev–Trinajstić information content (AvgIpc) is 4.03. The van der Waals surface area contributed by atoms with Gasteiger partial charge in [0, 0.05) is 23.8 Å². The van der Waals surface area contributed by atoms with Gasteiger partial charge in [0.1, 0.15) is 46.3 Å². The fourth-order valence-corrected chi connectivity index (χ4v) is 8.93. The smallest absolute Gasteiger partial charge is 0.408 e. The molecule has 1 aromatic heterocycles. The molecule has 0 radical (unpaired) electrons. The van der Waals surface area contributed by atoms with Gasteiger partial charge >= 0.3 is 6.09 Å². The van der Waals surface area contributed by atoms with E-state index in [9.17, 15) is 27.6 Å². The van der Waals surface area contributed by atoms with Crippen molar-refractivity contribution >= 4 is 44.7 Å². The number of carbonyl (C=O) groups is 4. The third-order valence-corrected chi connectivity index (χ3v) is 12.6. The largest absolute Gasteiger partial charge is 0.497 e. The molecule has 0 unspecified atom stereocenters. The van der Waals surface area contributed by atoms with Gasteiger partial charge in [-0.2, -0.15) is 10.2 Å². The molecule has 294 valence electrons. The summed E-state index contributed by atoms with van der Waals surface area (Å²) in [5.41, 5.74) is -1.81. The number of amides is 4. The van der Waals surface area contributed by atoms with Crippen molar-refractivity contribution in [2.24, 2.45) is 17.8 Å². The van der Waals surface area contributed by atoms with Gasteiger partial charge in [0.05, 0.1) is 25.1 Å². The summed E-state index contributed by atoms with van der Waals surface area (Å²) in [6, 6.07) is 3.11. The topological polar surface area (TPSA) is 195 Å². The van der Waals surface area contributed by atoms with Crippen LogP contribution in [0.2, 0.25) is 0 Å². The number of aromatic nitrogens is 2. The highest BCUT2D eigenvalue weighted by Gasteiger charge is 2.62. The highest BCUT2D eigenvalue weighted by Crippen LogP contribution is 2.46. The van der Waals surface area contributed by atoms with E-state index in [0.29, 0.717) is 54.5 Å². The summed E-state index contributed by atoms with van der Waals surface area (Å²) < 4.78 is 45.4. The van der Waals surface area contributed by atoms with E-state index in [1.165, 1.54) is 11.1 Å². The Kier molecular flexibility index (Phi) is 11.1. The Labute approximate surface area is 316 Å². The Morgan fingerprint density at radius 3 is 2.57 bits per heavy atom. The van der Waals surface area contributed by atoms with E-state index in [0.717, 1.165) is 6.42 Å². The van der Waals surface area contributed by atoms with Gasteiger partial charge in [0.25, 0.3) is 5.91 Å².